The van der Waals surface area contributed by atoms with Crippen molar-refractivity contribution in [1.82, 2.24) is 0 Å². The standard InChI is InChI=1S/C16H20BrNOS/c1-4-7-19-15-8-11(2)5-6-14(15)18-12(3)16-9-13(17)10-20-16/h5-6,8-10,12,18H,4,7H2,1-3H3. The second-order valence-corrected chi connectivity index (χ2v) is 6.74. The Labute approximate surface area is 133 Å². The third kappa shape index (κ3) is 4.00. The summed E-state index contributed by atoms with van der Waals surface area (Å²) in [6.45, 7) is 7.12. The topological polar surface area (TPSA) is 21.3 Å². The van der Waals surface area contributed by atoms with Crippen LogP contribution in [0.3, 0.4) is 0 Å². The van der Waals surface area contributed by atoms with E-state index in [1.54, 1.807) is 11.3 Å². The van der Waals surface area contributed by atoms with Gasteiger partial charge < -0.3 is 10.1 Å². The quantitative estimate of drug-likeness (QED) is 0.710. The molecule has 0 aliphatic rings. The molecular weight excluding hydrogens is 334 g/mol. The molecular formula is C16H20BrNOS. The molecule has 108 valence electrons. The van der Waals surface area contributed by atoms with Gasteiger partial charge in [0, 0.05) is 14.7 Å². The maximum Gasteiger partial charge on any atom is 0.142 e. The van der Waals surface area contributed by atoms with Gasteiger partial charge in [-0.15, -0.1) is 11.3 Å². The maximum absolute atomic E-state index is 5.84. The van der Waals surface area contributed by atoms with Crippen LogP contribution >= 0.6 is 27.3 Å². The fourth-order valence-electron chi connectivity index (χ4n) is 1.94. The van der Waals surface area contributed by atoms with Crippen molar-refractivity contribution in [2.75, 3.05) is 11.9 Å². The molecule has 20 heavy (non-hydrogen) atoms. The summed E-state index contributed by atoms with van der Waals surface area (Å²) in [5.41, 5.74) is 2.27. The number of hydrogen-bond donors (Lipinski definition) is 1. The van der Waals surface area contributed by atoms with Gasteiger partial charge in [0.25, 0.3) is 0 Å². The highest BCUT2D eigenvalue weighted by Crippen LogP contribution is 2.32. The van der Waals surface area contributed by atoms with Crippen molar-refractivity contribution in [2.45, 2.75) is 33.2 Å². The summed E-state index contributed by atoms with van der Waals surface area (Å²) in [7, 11) is 0. The lowest BCUT2D eigenvalue weighted by Crippen LogP contribution is -2.07. The zero-order chi connectivity index (χ0) is 14.5. The van der Waals surface area contributed by atoms with Gasteiger partial charge in [0.1, 0.15) is 5.75 Å². The molecule has 0 spiro atoms. The lowest BCUT2D eigenvalue weighted by atomic mass is 10.2. The highest BCUT2D eigenvalue weighted by Gasteiger charge is 2.11. The SMILES string of the molecule is CCCOc1cc(C)ccc1NC(C)c1cc(Br)cs1. The van der Waals surface area contributed by atoms with Crippen LogP contribution in [-0.2, 0) is 0 Å². The number of rotatable bonds is 6. The molecule has 0 saturated carbocycles. The second-order valence-electron chi connectivity index (χ2n) is 4.88. The van der Waals surface area contributed by atoms with Crippen molar-refractivity contribution >= 4 is 33.0 Å². The molecule has 0 fully saturated rings. The summed E-state index contributed by atoms with van der Waals surface area (Å²) >= 11 is 5.26. The maximum atomic E-state index is 5.84. The molecule has 1 atom stereocenters. The number of hydrogen-bond acceptors (Lipinski definition) is 3. The Kier molecular flexibility index (Phi) is 5.49. The van der Waals surface area contributed by atoms with Gasteiger partial charge in [-0.1, -0.05) is 13.0 Å². The summed E-state index contributed by atoms with van der Waals surface area (Å²) in [5.74, 6) is 0.939. The molecule has 0 aliphatic carbocycles. The van der Waals surface area contributed by atoms with Crippen molar-refractivity contribution in [3.05, 3.63) is 44.6 Å². The van der Waals surface area contributed by atoms with Crippen LogP contribution in [0.5, 0.6) is 5.75 Å². The van der Waals surface area contributed by atoms with E-state index in [0.717, 1.165) is 28.9 Å². The first kappa shape index (κ1) is 15.4. The van der Waals surface area contributed by atoms with Gasteiger partial charge >= 0.3 is 0 Å². The smallest absolute Gasteiger partial charge is 0.142 e. The van der Waals surface area contributed by atoms with E-state index in [4.69, 9.17) is 4.74 Å². The van der Waals surface area contributed by atoms with E-state index in [0.29, 0.717) is 0 Å². The number of ether oxygens (including phenoxy) is 1. The average molecular weight is 354 g/mol. The van der Waals surface area contributed by atoms with Crippen LogP contribution in [-0.4, -0.2) is 6.61 Å². The summed E-state index contributed by atoms with van der Waals surface area (Å²) in [6.07, 6.45) is 1.01. The second kappa shape index (κ2) is 7.14. The zero-order valence-corrected chi connectivity index (χ0v) is 14.5. The minimum atomic E-state index is 0.262. The zero-order valence-electron chi connectivity index (χ0n) is 12.1. The number of anilines is 1. The Morgan fingerprint density at radius 2 is 2.15 bits per heavy atom. The summed E-state index contributed by atoms with van der Waals surface area (Å²) in [5, 5.41) is 5.65. The van der Waals surface area contributed by atoms with Gasteiger partial charge in [-0.05, 0) is 60.0 Å². The van der Waals surface area contributed by atoms with E-state index in [1.807, 2.05) is 0 Å². The van der Waals surface area contributed by atoms with Gasteiger partial charge in [-0.25, -0.2) is 0 Å². The molecule has 0 saturated heterocycles. The van der Waals surface area contributed by atoms with Crippen molar-refractivity contribution in [3.8, 4) is 5.75 Å². The van der Waals surface area contributed by atoms with Gasteiger partial charge in [0.05, 0.1) is 18.3 Å². The van der Waals surface area contributed by atoms with Crippen LogP contribution in [0, 0.1) is 6.92 Å². The van der Waals surface area contributed by atoms with E-state index < -0.39 is 0 Å². The van der Waals surface area contributed by atoms with Crippen LogP contribution in [0.2, 0.25) is 0 Å². The Hall–Kier alpha value is -1.000. The summed E-state index contributed by atoms with van der Waals surface area (Å²) < 4.78 is 6.98. The van der Waals surface area contributed by atoms with Crippen LogP contribution in [0.4, 0.5) is 5.69 Å². The minimum Gasteiger partial charge on any atom is -0.491 e. The van der Waals surface area contributed by atoms with Crippen molar-refractivity contribution < 1.29 is 4.74 Å². The monoisotopic (exact) mass is 353 g/mol. The van der Waals surface area contributed by atoms with E-state index in [2.05, 4.69) is 71.7 Å². The first-order valence-electron chi connectivity index (χ1n) is 6.84. The molecule has 1 N–H and O–H groups in total. The first-order chi connectivity index (χ1) is 9.60. The van der Waals surface area contributed by atoms with Crippen LogP contribution in [0.25, 0.3) is 0 Å². The number of aryl methyl sites for hydroxylation is 1. The molecule has 1 aromatic heterocycles. The Morgan fingerprint density at radius 1 is 1.35 bits per heavy atom. The molecule has 4 heteroatoms. The van der Waals surface area contributed by atoms with E-state index in [-0.39, 0.29) is 6.04 Å². The molecule has 0 amide bonds. The predicted molar refractivity (Wildman–Crippen MR) is 91.0 cm³/mol. The lowest BCUT2D eigenvalue weighted by molar-refractivity contribution is 0.318. The highest BCUT2D eigenvalue weighted by atomic mass is 79.9. The molecule has 1 unspecified atom stereocenters. The van der Waals surface area contributed by atoms with Crippen molar-refractivity contribution in [2.24, 2.45) is 0 Å². The van der Waals surface area contributed by atoms with Crippen molar-refractivity contribution in [3.63, 3.8) is 0 Å². The first-order valence-corrected chi connectivity index (χ1v) is 8.51. The largest absolute Gasteiger partial charge is 0.491 e. The Balaban J connectivity index is 2.15. The molecule has 2 aromatic rings. The van der Waals surface area contributed by atoms with Gasteiger partial charge in [-0.3, -0.25) is 0 Å². The van der Waals surface area contributed by atoms with Gasteiger partial charge in [-0.2, -0.15) is 0 Å². The molecule has 0 radical (unpaired) electrons. The van der Waals surface area contributed by atoms with E-state index in [1.165, 1.54) is 10.4 Å². The molecule has 1 aromatic carbocycles. The van der Waals surface area contributed by atoms with E-state index in [9.17, 15) is 0 Å². The highest BCUT2D eigenvalue weighted by molar-refractivity contribution is 9.10. The number of thiophene rings is 1. The molecule has 0 bridgehead atoms. The number of nitrogens with one attached hydrogen (secondary N) is 1. The minimum absolute atomic E-state index is 0.262. The van der Waals surface area contributed by atoms with Crippen molar-refractivity contribution in [1.29, 1.82) is 0 Å². The fraction of sp³-hybridized carbons (Fsp3) is 0.375. The normalized spacial score (nSPS) is 12.2. The Bertz CT molecular complexity index is 567. The average Bonchev–Trinajstić information content (AvgIpc) is 2.85. The lowest BCUT2D eigenvalue weighted by Gasteiger charge is -2.18. The van der Waals surface area contributed by atoms with Crippen LogP contribution in [0.15, 0.2) is 34.1 Å². The van der Waals surface area contributed by atoms with Crippen LogP contribution < -0.4 is 10.1 Å². The third-order valence-electron chi connectivity index (χ3n) is 2.99. The molecule has 1 heterocycles. The molecule has 0 aliphatic heterocycles. The number of benzene rings is 1. The van der Waals surface area contributed by atoms with Gasteiger partial charge in [0.15, 0.2) is 0 Å². The summed E-state index contributed by atoms with van der Waals surface area (Å²) in [4.78, 5) is 1.30. The predicted octanol–water partition coefficient (Wildman–Crippen LogP) is 5.78. The number of halogens is 1. The third-order valence-corrected chi connectivity index (χ3v) is 4.86. The van der Waals surface area contributed by atoms with E-state index >= 15 is 0 Å². The van der Waals surface area contributed by atoms with Gasteiger partial charge in [0.2, 0.25) is 0 Å². The fourth-order valence-corrected chi connectivity index (χ4v) is 3.39. The van der Waals surface area contributed by atoms with Crippen LogP contribution in [0.1, 0.15) is 36.8 Å². The Morgan fingerprint density at radius 3 is 2.80 bits per heavy atom. The summed E-state index contributed by atoms with van der Waals surface area (Å²) in [6, 6.07) is 8.72. The molecule has 2 rings (SSSR count). The molecule has 2 nitrogen and oxygen atoms in total.